The molecule has 1 fully saturated rings. The van der Waals surface area contributed by atoms with Gasteiger partial charge in [-0.15, -0.1) is 5.92 Å². The summed E-state index contributed by atoms with van der Waals surface area (Å²) < 4.78 is 10.0. The Morgan fingerprint density at radius 3 is 2.66 bits per heavy atom. The maximum Gasteiger partial charge on any atom is 0.407 e. The van der Waals surface area contributed by atoms with Crippen LogP contribution in [0.25, 0.3) is 11.2 Å². The number of fused-ring (bicyclic) bond motifs is 2. The molecule has 41 heavy (non-hydrogen) atoms. The maximum atomic E-state index is 14.0. The molecule has 2 unspecified atom stereocenters. The molecule has 0 radical (unpaired) electrons. The quantitative estimate of drug-likeness (QED) is 0.460. The van der Waals surface area contributed by atoms with Crippen LogP contribution >= 0.6 is 11.8 Å². The number of benzene rings is 1. The standard InChI is InChI=1S/C29H37N7O4S/c1-7-8-16-35-23-24(31-26(35)34-15-11-12-19(17-34)30-27(38)40-29(2,3)4)33(6)28(39)36(25(23)37)18-22-32(5)20-13-9-10-14-21(20)41-22/h9-10,13-14,19,22H,11-12,15-18H2,1-6H3,(H,30,38). The highest BCUT2D eigenvalue weighted by molar-refractivity contribution is 8.00. The Balaban J connectivity index is 1.50. The van der Waals surface area contributed by atoms with Crippen LogP contribution in [0.15, 0.2) is 38.8 Å². The van der Waals surface area contributed by atoms with Gasteiger partial charge in [-0.2, -0.15) is 4.98 Å². The third kappa shape index (κ3) is 5.68. The van der Waals surface area contributed by atoms with Crippen LogP contribution in [0.3, 0.4) is 0 Å². The van der Waals surface area contributed by atoms with E-state index in [0.29, 0.717) is 30.2 Å². The summed E-state index contributed by atoms with van der Waals surface area (Å²) in [6, 6.07) is 7.91. The smallest absolute Gasteiger partial charge is 0.407 e. The third-order valence-electron chi connectivity index (χ3n) is 7.33. The fraction of sp³-hybridized carbons (Fsp3) is 0.517. The highest BCUT2D eigenvalue weighted by Gasteiger charge is 2.31. The maximum absolute atomic E-state index is 14.0. The number of carbonyl (C=O) groups excluding carboxylic acids is 1. The van der Waals surface area contributed by atoms with Gasteiger partial charge in [0.2, 0.25) is 5.95 Å². The Kier molecular flexibility index (Phi) is 7.83. The minimum absolute atomic E-state index is 0.108. The molecule has 3 aromatic rings. The van der Waals surface area contributed by atoms with E-state index in [1.54, 1.807) is 30.3 Å². The fourth-order valence-electron chi connectivity index (χ4n) is 5.37. The van der Waals surface area contributed by atoms with E-state index in [1.165, 1.54) is 9.13 Å². The summed E-state index contributed by atoms with van der Waals surface area (Å²) in [5, 5.41) is 2.86. The average molecular weight is 580 g/mol. The van der Waals surface area contributed by atoms with E-state index < -0.39 is 17.4 Å². The molecule has 0 saturated carbocycles. The number of thioether (sulfide) groups is 1. The number of imidazole rings is 1. The normalized spacial score (nSPS) is 18.7. The lowest BCUT2D eigenvalue weighted by Crippen LogP contribution is -2.49. The predicted molar refractivity (Wildman–Crippen MR) is 162 cm³/mol. The second kappa shape index (κ2) is 11.2. The third-order valence-corrected chi connectivity index (χ3v) is 8.67. The van der Waals surface area contributed by atoms with E-state index in [9.17, 15) is 14.4 Å². The zero-order chi connectivity index (χ0) is 29.5. The number of para-hydroxylation sites is 1. The van der Waals surface area contributed by atoms with Crippen molar-refractivity contribution in [1.29, 1.82) is 0 Å². The van der Waals surface area contributed by atoms with Crippen LogP contribution < -0.4 is 26.4 Å². The number of rotatable bonds is 5. The SMILES string of the molecule is CC#CCn1c(N2CCCC(NC(=O)OC(C)(C)C)C2)nc2c1c(=O)n(CC1Sc3ccccc3N1C)c(=O)n2C. The summed E-state index contributed by atoms with van der Waals surface area (Å²) in [6.07, 6.45) is 1.15. The number of alkyl carbamates (subject to hydrolysis) is 1. The number of amides is 1. The van der Waals surface area contributed by atoms with Crippen molar-refractivity contribution in [3.63, 3.8) is 0 Å². The van der Waals surface area contributed by atoms with E-state index >= 15 is 0 Å². The van der Waals surface area contributed by atoms with Gasteiger partial charge in [0.05, 0.1) is 24.2 Å². The van der Waals surface area contributed by atoms with Crippen molar-refractivity contribution in [3.05, 3.63) is 45.1 Å². The summed E-state index contributed by atoms with van der Waals surface area (Å²) in [5.41, 5.74) is 0.360. The van der Waals surface area contributed by atoms with E-state index in [-0.39, 0.29) is 30.1 Å². The van der Waals surface area contributed by atoms with Crippen LogP contribution in [0.5, 0.6) is 0 Å². The van der Waals surface area contributed by atoms with Crippen LogP contribution in [0.2, 0.25) is 0 Å². The number of nitrogens with zero attached hydrogens (tertiary/aromatic N) is 6. The molecule has 4 heterocycles. The lowest BCUT2D eigenvalue weighted by molar-refractivity contribution is 0.0499. The first kappa shape index (κ1) is 28.7. The van der Waals surface area contributed by atoms with Crippen LogP contribution in [0, 0.1) is 11.8 Å². The van der Waals surface area contributed by atoms with Gasteiger partial charge < -0.3 is 19.9 Å². The van der Waals surface area contributed by atoms with E-state index in [0.717, 1.165) is 23.4 Å². The summed E-state index contributed by atoms with van der Waals surface area (Å²) >= 11 is 1.64. The van der Waals surface area contributed by atoms with Gasteiger partial charge in [-0.25, -0.2) is 9.59 Å². The number of anilines is 2. The van der Waals surface area contributed by atoms with Gasteiger partial charge in [0.25, 0.3) is 5.56 Å². The van der Waals surface area contributed by atoms with Crippen molar-refractivity contribution in [3.8, 4) is 11.8 Å². The topological polar surface area (TPSA) is 107 Å². The van der Waals surface area contributed by atoms with Crippen molar-refractivity contribution in [2.45, 2.75) is 75.5 Å². The van der Waals surface area contributed by atoms with E-state index in [1.807, 2.05) is 50.9 Å². The molecule has 2 aliphatic heterocycles. The van der Waals surface area contributed by atoms with Crippen LogP contribution in [0.1, 0.15) is 40.5 Å². The molecule has 1 aromatic carbocycles. The molecular weight excluding hydrogens is 542 g/mol. The van der Waals surface area contributed by atoms with Gasteiger partial charge in [0, 0.05) is 38.1 Å². The van der Waals surface area contributed by atoms with Gasteiger partial charge in [-0.3, -0.25) is 18.5 Å². The molecule has 2 aromatic heterocycles. The van der Waals surface area contributed by atoms with Gasteiger partial charge in [-0.05, 0) is 52.7 Å². The highest BCUT2D eigenvalue weighted by atomic mass is 32.2. The minimum Gasteiger partial charge on any atom is -0.444 e. The first-order chi connectivity index (χ1) is 19.5. The first-order valence-electron chi connectivity index (χ1n) is 13.8. The molecular formula is C29H37N7O4S. The Morgan fingerprint density at radius 2 is 1.95 bits per heavy atom. The molecule has 12 heteroatoms. The average Bonchev–Trinajstić information content (AvgIpc) is 3.46. The zero-order valence-electron chi connectivity index (χ0n) is 24.4. The number of hydrogen-bond donors (Lipinski definition) is 1. The summed E-state index contributed by atoms with van der Waals surface area (Å²) in [7, 11) is 3.63. The monoisotopic (exact) mass is 579 g/mol. The molecule has 2 aliphatic rings. The first-order valence-corrected chi connectivity index (χ1v) is 14.7. The largest absolute Gasteiger partial charge is 0.444 e. The Bertz CT molecular complexity index is 1660. The van der Waals surface area contributed by atoms with Gasteiger partial charge in [0.1, 0.15) is 5.60 Å². The molecule has 1 amide bonds. The molecule has 11 nitrogen and oxygen atoms in total. The Labute approximate surface area is 243 Å². The van der Waals surface area contributed by atoms with Crippen LogP contribution in [0.4, 0.5) is 16.4 Å². The van der Waals surface area contributed by atoms with Crippen molar-refractivity contribution in [2.75, 3.05) is 29.9 Å². The predicted octanol–water partition coefficient (Wildman–Crippen LogP) is 2.98. The molecule has 0 spiro atoms. The minimum atomic E-state index is -0.593. The number of aromatic nitrogens is 4. The molecule has 0 aliphatic carbocycles. The lowest BCUT2D eigenvalue weighted by atomic mass is 10.1. The Morgan fingerprint density at radius 1 is 1.20 bits per heavy atom. The summed E-state index contributed by atoms with van der Waals surface area (Å²) in [4.78, 5) is 50.1. The van der Waals surface area contributed by atoms with Gasteiger partial charge in [-0.1, -0.05) is 29.8 Å². The van der Waals surface area contributed by atoms with Crippen molar-refractivity contribution in [1.82, 2.24) is 24.0 Å². The lowest BCUT2D eigenvalue weighted by Gasteiger charge is -2.34. The van der Waals surface area contributed by atoms with Crippen LogP contribution in [-0.2, 0) is 24.9 Å². The molecule has 0 bridgehead atoms. The van der Waals surface area contributed by atoms with Crippen molar-refractivity contribution < 1.29 is 9.53 Å². The van der Waals surface area contributed by atoms with Crippen molar-refractivity contribution in [2.24, 2.45) is 7.05 Å². The Hall–Kier alpha value is -3.85. The molecule has 5 rings (SSSR count). The summed E-state index contributed by atoms with van der Waals surface area (Å²) in [5.74, 6) is 6.55. The second-order valence-electron chi connectivity index (χ2n) is 11.4. The summed E-state index contributed by atoms with van der Waals surface area (Å²) in [6.45, 7) is 8.90. The van der Waals surface area contributed by atoms with Crippen molar-refractivity contribution >= 4 is 40.7 Å². The number of likely N-dealkylation sites (N-methyl/N-ethyl adjacent to an activating group) is 1. The number of carbonyl (C=O) groups is 1. The van der Waals surface area contributed by atoms with Gasteiger partial charge >= 0.3 is 11.8 Å². The molecule has 2 atom stereocenters. The number of hydrogen-bond acceptors (Lipinski definition) is 8. The van der Waals surface area contributed by atoms with Gasteiger partial charge in [0.15, 0.2) is 11.2 Å². The van der Waals surface area contributed by atoms with E-state index in [2.05, 4.69) is 28.1 Å². The zero-order valence-corrected chi connectivity index (χ0v) is 25.2. The molecule has 218 valence electrons. The number of piperidine rings is 1. The van der Waals surface area contributed by atoms with Crippen LogP contribution in [-0.4, -0.2) is 61.9 Å². The number of nitrogens with one attached hydrogen (secondary N) is 1. The fourth-order valence-corrected chi connectivity index (χ4v) is 6.64. The van der Waals surface area contributed by atoms with E-state index in [4.69, 9.17) is 9.72 Å². The second-order valence-corrected chi connectivity index (χ2v) is 12.7. The molecule has 1 saturated heterocycles. The molecule has 1 N–H and O–H groups in total. The number of aryl methyl sites for hydroxylation is 1. The number of ether oxygens (including phenoxy) is 1. The highest BCUT2D eigenvalue weighted by Crippen LogP contribution is 2.42.